The van der Waals surface area contributed by atoms with Crippen molar-refractivity contribution in [3.63, 3.8) is 0 Å². The lowest BCUT2D eigenvalue weighted by Gasteiger charge is -2.30. The second-order valence-electron chi connectivity index (χ2n) is 9.08. The number of carbonyl (C=O) groups excluding carboxylic acids is 2. The largest absolute Gasteiger partial charge is 0.447 e. The Morgan fingerprint density at radius 1 is 0.966 bits per heavy atom. The number of carbonyl (C=O) groups is 2. The van der Waals surface area contributed by atoms with Gasteiger partial charge >= 0.3 is 12.2 Å². The van der Waals surface area contributed by atoms with E-state index in [-0.39, 0.29) is 30.1 Å². The van der Waals surface area contributed by atoms with E-state index in [0.29, 0.717) is 38.0 Å². The van der Waals surface area contributed by atoms with Crippen LogP contribution in [0.5, 0.6) is 0 Å². The molecule has 2 amide bonds. The van der Waals surface area contributed by atoms with E-state index in [4.69, 9.17) is 13.9 Å². The van der Waals surface area contributed by atoms with Gasteiger partial charge in [0.15, 0.2) is 0 Å². The summed E-state index contributed by atoms with van der Waals surface area (Å²) in [6.45, 7) is 11.6. The van der Waals surface area contributed by atoms with Gasteiger partial charge in [0.2, 0.25) is 11.8 Å². The van der Waals surface area contributed by atoms with Crippen LogP contribution in [0.25, 0.3) is 0 Å². The van der Waals surface area contributed by atoms with Gasteiger partial charge in [-0.2, -0.15) is 0 Å². The zero-order valence-corrected chi connectivity index (χ0v) is 18.0. The number of aromatic nitrogens is 2. The lowest BCUT2D eigenvalue weighted by molar-refractivity contribution is 0.0291. The molecule has 2 fully saturated rings. The molecule has 29 heavy (non-hydrogen) atoms. The minimum atomic E-state index is -0.511. The topological polar surface area (TPSA) is 98.0 Å². The van der Waals surface area contributed by atoms with Gasteiger partial charge in [-0.15, -0.1) is 10.2 Å². The number of likely N-dealkylation sites (tertiary alicyclic amines) is 2. The van der Waals surface area contributed by atoms with Crippen LogP contribution in [-0.4, -0.2) is 70.1 Å². The Labute approximate surface area is 171 Å². The molecule has 3 heterocycles. The Morgan fingerprint density at radius 3 is 2.10 bits per heavy atom. The Hall–Kier alpha value is -2.32. The maximum Gasteiger partial charge on any atom is 0.410 e. The first kappa shape index (κ1) is 21.4. The smallest absolute Gasteiger partial charge is 0.410 e. The van der Waals surface area contributed by atoms with Gasteiger partial charge in [-0.3, -0.25) is 0 Å². The number of rotatable bonds is 3. The minimum Gasteiger partial charge on any atom is -0.447 e. The Balaban J connectivity index is 1.52. The summed E-state index contributed by atoms with van der Waals surface area (Å²) in [6.07, 6.45) is 1.62. The molecule has 2 saturated heterocycles. The summed E-state index contributed by atoms with van der Waals surface area (Å²) in [5.41, 5.74) is -0.511. The van der Waals surface area contributed by atoms with Crippen molar-refractivity contribution in [2.24, 2.45) is 0 Å². The molecule has 1 aromatic heterocycles. The molecule has 2 aliphatic rings. The quantitative estimate of drug-likeness (QED) is 0.754. The average molecular weight is 408 g/mol. The first-order chi connectivity index (χ1) is 13.6. The molecule has 0 aromatic carbocycles. The summed E-state index contributed by atoms with van der Waals surface area (Å²) in [6, 6.07) is 0. The Kier molecular flexibility index (Phi) is 6.33. The highest BCUT2D eigenvalue weighted by atomic mass is 16.6. The first-order valence-corrected chi connectivity index (χ1v) is 10.4. The van der Waals surface area contributed by atoms with E-state index < -0.39 is 5.60 Å². The van der Waals surface area contributed by atoms with Gasteiger partial charge in [-0.05, 0) is 53.9 Å². The highest BCUT2D eigenvalue weighted by Crippen LogP contribution is 2.32. The fourth-order valence-electron chi connectivity index (χ4n) is 3.62. The zero-order valence-electron chi connectivity index (χ0n) is 18.0. The highest BCUT2D eigenvalue weighted by molar-refractivity contribution is 5.68. The lowest BCUT2D eigenvalue weighted by Crippen LogP contribution is -2.39. The van der Waals surface area contributed by atoms with Gasteiger partial charge in [0.1, 0.15) is 5.60 Å². The molecule has 2 aliphatic heterocycles. The van der Waals surface area contributed by atoms with Gasteiger partial charge in [-0.1, -0.05) is 0 Å². The van der Waals surface area contributed by atoms with Gasteiger partial charge in [-0.25, -0.2) is 9.59 Å². The third-order valence-electron chi connectivity index (χ3n) is 5.08. The SMILES string of the molecule is CC(C)OC(=O)N1CCC(c2nnc(C3CCN(C(=O)OC(C)(C)C)C3)o2)CC1. The maximum absolute atomic E-state index is 12.2. The van der Waals surface area contributed by atoms with Crippen LogP contribution in [0.3, 0.4) is 0 Å². The lowest BCUT2D eigenvalue weighted by atomic mass is 9.97. The molecule has 9 heteroatoms. The van der Waals surface area contributed by atoms with E-state index in [1.54, 1.807) is 9.80 Å². The van der Waals surface area contributed by atoms with E-state index in [2.05, 4.69) is 10.2 Å². The monoisotopic (exact) mass is 408 g/mol. The van der Waals surface area contributed by atoms with Crippen molar-refractivity contribution in [3.05, 3.63) is 11.8 Å². The van der Waals surface area contributed by atoms with Crippen LogP contribution in [0.15, 0.2) is 4.42 Å². The standard InChI is InChI=1S/C20H32N4O5/c1-13(2)27-18(25)23-9-6-14(7-10-23)16-21-22-17(28-16)15-8-11-24(12-15)19(26)29-20(3,4)5/h13-15H,6-12H2,1-5H3. The Morgan fingerprint density at radius 2 is 1.52 bits per heavy atom. The van der Waals surface area contributed by atoms with Gasteiger partial charge in [0.05, 0.1) is 12.0 Å². The summed E-state index contributed by atoms with van der Waals surface area (Å²) in [7, 11) is 0. The van der Waals surface area contributed by atoms with Crippen LogP contribution in [0, 0.1) is 0 Å². The molecule has 1 unspecified atom stereocenters. The van der Waals surface area contributed by atoms with Crippen LogP contribution in [-0.2, 0) is 9.47 Å². The molecule has 0 bridgehead atoms. The van der Waals surface area contributed by atoms with Crippen LogP contribution < -0.4 is 0 Å². The Bertz CT molecular complexity index is 719. The average Bonchev–Trinajstić information content (AvgIpc) is 3.29. The van der Waals surface area contributed by atoms with Crippen molar-refractivity contribution in [2.45, 2.75) is 77.4 Å². The normalized spacial score (nSPS) is 21.0. The third-order valence-corrected chi connectivity index (χ3v) is 5.08. The van der Waals surface area contributed by atoms with E-state index in [9.17, 15) is 9.59 Å². The second kappa shape index (κ2) is 8.59. The van der Waals surface area contributed by atoms with E-state index in [0.717, 1.165) is 19.3 Å². The molecule has 162 valence electrons. The van der Waals surface area contributed by atoms with Crippen molar-refractivity contribution in [1.82, 2.24) is 20.0 Å². The zero-order chi connectivity index (χ0) is 21.2. The maximum atomic E-state index is 12.2. The van der Waals surface area contributed by atoms with Crippen LogP contribution in [0.1, 0.15) is 77.5 Å². The van der Waals surface area contributed by atoms with Crippen molar-refractivity contribution >= 4 is 12.2 Å². The van der Waals surface area contributed by atoms with Gasteiger partial charge in [0.25, 0.3) is 0 Å². The van der Waals surface area contributed by atoms with Crippen molar-refractivity contribution in [2.75, 3.05) is 26.2 Å². The number of piperidine rings is 1. The second-order valence-corrected chi connectivity index (χ2v) is 9.08. The number of hydrogen-bond acceptors (Lipinski definition) is 7. The number of amides is 2. The van der Waals surface area contributed by atoms with Crippen molar-refractivity contribution in [1.29, 1.82) is 0 Å². The molecule has 3 rings (SSSR count). The molecule has 1 atom stereocenters. The van der Waals surface area contributed by atoms with Crippen LogP contribution in [0.4, 0.5) is 9.59 Å². The highest BCUT2D eigenvalue weighted by Gasteiger charge is 2.34. The summed E-state index contributed by atoms with van der Waals surface area (Å²) >= 11 is 0. The fraction of sp³-hybridized carbons (Fsp3) is 0.800. The fourth-order valence-corrected chi connectivity index (χ4v) is 3.62. The predicted octanol–water partition coefficient (Wildman–Crippen LogP) is 3.52. The van der Waals surface area contributed by atoms with Gasteiger partial charge in [0, 0.05) is 32.1 Å². The number of nitrogens with zero attached hydrogens (tertiary/aromatic N) is 4. The number of hydrogen-bond donors (Lipinski definition) is 0. The number of ether oxygens (including phenoxy) is 2. The molecule has 0 aliphatic carbocycles. The molecular formula is C20H32N4O5. The summed E-state index contributed by atoms with van der Waals surface area (Å²) < 4.78 is 16.7. The third kappa shape index (κ3) is 5.61. The molecule has 0 spiro atoms. The van der Waals surface area contributed by atoms with Gasteiger partial charge < -0.3 is 23.7 Å². The van der Waals surface area contributed by atoms with E-state index >= 15 is 0 Å². The summed E-state index contributed by atoms with van der Waals surface area (Å²) in [5.74, 6) is 1.37. The minimum absolute atomic E-state index is 0.0323. The molecule has 0 N–H and O–H groups in total. The molecular weight excluding hydrogens is 376 g/mol. The molecule has 1 aromatic rings. The van der Waals surface area contributed by atoms with Crippen LogP contribution >= 0.6 is 0 Å². The summed E-state index contributed by atoms with van der Waals surface area (Å²) in [4.78, 5) is 27.7. The molecule has 9 nitrogen and oxygen atoms in total. The summed E-state index contributed by atoms with van der Waals surface area (Å²) in [5, 5.41) is 8.48. The van der Waals surface area contributed by atoms with E-state index in [1.807, 2.05) is 34.6 Å². The van der Waals surface area contributed by atoms with Crippen molar-refractivity contribution < 1.29 is 23.5 Å². The molecule has 0 radical (unpaired) electrons. The first-order valence-electron chi connectivity index (χ1n) is 10.4. The van der Waals surface area contributed by atoms with Crippen LogP contribution in [0.2, 0.25) is 0 Å². The molecule has 0 saturated carbocycles. The van der Waals surface area contributed by atoms with E-state index in [1.165, 1.54) is 0 Å². The predicted molar refractivity (Wildman–Crippen MR) is 105 cm³/mol. The van der Waals surface area contributed by atoms with Crippen molar-refractivity contribution in [3.8, 4) is 0 Å².